The molecular weight excluding hydrogens is 304 g/mol. The molecule has 0 radical (unpaired) electrons. The fourth-order valence-electron chi connectivity index (χ4n) is 2.82. The van der Waals surface area contributed by atoms with Gasteiger partial charge in [-0.05, 0) is 35.9 Å². The second-order valence-electron chi connectivity index (χ2n) is 5.52. The molecule has 3 aromatic rings. The van der Waals surface area contributed by atoms with Crippen molar-refractivity contribution in [1.29, 1.82) is 0 Å². The molecular formula is C20H14O4. The number of hydrogen-bond donors (Lipinski definition) is 1. The number of benzene rings is 3. The monoisotopic (exact) mass is 318 g/mol. The largest absolute Gasteiger partial charge is 0.478 e. The molecule has 0 fully saturated rings. The van der Waals surface area contributed by atoms with E-state index in [-0.39, 0.29) is 5.56 Å². The van der Waals surface area contributed by atoms with Crippen molar-refractivity contribution in [1.82, 2.24) is 0 Å². The Bertz CT molecular complexity index is 930. The second-order valence-corrected chi connectivity index (χ2v) is 5.52. The van der Waals surface area contributed by atoms with Gasteiger partial charge in [-0.15, -0.1) is 0 Å². The van der Waals surface area contributed by atoms with Crippen molar-refractivity contribution in [3.63, 3.8) is 0 Å². The van der Waals surface area contributed by atoms with E-state index in [1.54, 1.807) is 18.2 Å². The Morgan fingerprint density at radius 3 is 2.46 bits per heavy atom. The minimum absolute atomic E-state index is 0.132. The van der Waals surface area contributed by atoms with Crippen LogP contribution in [0.1, 0.15) is 21.5 Å². The molecule has 4 rings (SSSR count). The summed E-state index contributed by atoms with van der Waals surface area (Å²) < 4.78 is 11.9. The number of carbonyl (C=O) groups is 1. The lowest BCUT2D eigenvalue weighted by molar-refractivity contribution is 0.0694. The molecule has 24 heavy (non-hydrogen) atoms. The SMILES string of the molecule is O=C(O)c1ccccc1Oc1cccc2c1Cc1ccccc1O2. The fraction of sp³-hybridized carbons (Fsp3) is 0.0500. The van der Waals surface area contributed by atoms with Crippen molar-refractivity contribution in [3.05, 3.63) is 83.4 Å². The molecule has 0 bridgehead atoms. The zero-order valence-electron chi connectivity index (χ0n) is 12.7. The topological polar surface area (TPSA) is 55.8 Å². The van der Waals surface area contributed by atoms with Crippen LogP contribution >= 0.6 is 0 Å². The number of para-hydroxylation sites is 2. The van der Waals surface area contributed by atoms with Gasteiger partial charge in [-0.25, -0.2) is 4.79 Å². The first-order valence-electron chi connectivity index (χ1n) is 7.60. The van der Waals surface area contributed by atoms with E-state index < -0.39 is 5.97 Å². The third-order valence-electron chi connectivity index (χ3n) is 3.99. The van der Waals surface area contributed by atoms with Gasteiger partial charge in [-0.1, -0.05) is 36.4 Å². The van der Waals surface area contributed by atoms with Crippen molar-refractivity contribution in [2.45, 2.75) is 6.42 Å². The Hall–Kier alpha value is -3.27. The molecule has 1 heterocycles. The summed E-state index contributed by atoms with van der Waals surface area (Å²) in [5.41, 5.74) is 2.12. The molecule has 1 N–H and O–H groups in total. The third-order valence-corrected chi connectivity index (χ3v) is 3.99. The van der Waals surface area contributed by atoms with Crippen LogP contribution in [0.4, 0.5) is 0 Å². The number of carboxylic acid groups (broad SMARTS) is 1. The maximum absolute atomic E-state index is 11.4. The van der Waals surface area contributed by atoms with Crippen LogP contribution in [0.15, 0.2) is 66.7 Å². The van der Waals surface area contributed by atoms with Gasteiger partial charge >= 0.3 is 5.97 Å². The Kier molecular flexibility index (Phi) is 3.43. The van der Waals surface area contributed by atoms with Crippen LogP contribution in [0.3, 0.4) is 0 Å². The van der Waals surface area contributed by atoms with Crippen molar-refractivity contribution in [3.8, 4) is 23.0 Å². The lowest BCUT2D eigenvalue weighted by atomic mass is 9.99. The van der Waals surface area contributed by atoms with E-state index in [0.29, 0.717) is 17.9 Å². The van der Waals surface area contributed by atoms with Crippen LogP contribution in [-0.2, 0) is 6.42 Å². The first-order valence-corrected chi connectivity index (χ1v) is 7.60. The summed E-state index contributed by atoms with van der Waals surface area (Å²) in [7, 11) is 0. The summed E-state index contributed by atoms with van der Waals surface area (Å²) in [4.78, 5) is 11.4. The van der Waals surface area contributed by atoms with Gasteiger partial charge in [0.05, 0.1) is 0 Å². The van der Waals surface area contributed by atoms with Gasteiger partial charge in [-0.2, -0.15) is 0 Å². The summed E-state index contributed by atoms with van der Waals surface area (Å²) >= 11 is 0. The van der Waals surface area contributed by atoms with Gasteiger partial charge in [0.25, 0.3) is 0 Å². The molecule has 4 heteroatoms. The Labute approximate surface area is 138 Å². The third kappa shape index (κ3) is 2.48. The van der Waals surface area contributed by atoms with Crippen LogP contribution in [0, 0.1) is 0 Å². The van der Waals surface area contributed by atoms with E-state index in [2.05, 4.69) is 0 Å². The van der Waals surface area contributed by atoms with E-state index in [4.69, 9.17) is 9.47 Å². The Morgan fingerprint density at radius 2 is 1.58 bits per heavy atom. The first-order chi connectivity index (χ1) is 11.7. The summed E-state index contributed by atoms with van der Waals surface area (Å²) in [5.74, 6) is 1.48. The predicted octanol–water partition coefficient (Wildman–Crippen LogP) is 4.87. The standard InChI is InChI=1S/C20H14O4/c21-20(22)14-7-2-4-9-17(14)24-19-11-5-10-18-15(19)12-13-6-1-3-8-16(13)23-18/h1-11H,12H2,(H,21,22). The van der Waals surface area contributed by atoms with Crippen LogP contribution in [0.2, 0.25) is 0 Å². The van der Waals surface area contributed by atoms with Crippen molar-refractivity contribution >= 4 is 5.97 Å². The number of hydrogen-bond acceptors (Lipinski definition) is 3. The molecule has 0 aromatic heterocycles. The summed E-state index contributed by atoms with van der Waals surface area (Å²) in [6, 6.07) is 20.0. The summed E-state index contributed by atoms with van der Waals surface area (Å²) in [5, 5.41) is 9.31. The molecule has 0 saturated heterocycles. The molecule has 0 atom stereocenters. The van der Waals surface area contributed by atoms with E-state index in [1.165, 1.54) is 6.07 Å². The number of rotatable bonds is 3. The fourth-order valence-corrected chi connectivity index (χ4v) is 2.82. The molecule has 3 aromatic carbocycles. The zero-order chi connectivity index (χ0) is 16.5. The predicted molar refractivity (Wildman–Crippen MR) is 89.2 cm³/mol. The van der Waals surface area contributed by atoms with Crippen LogP contribution < -0.4 is 9.47 Å². The van der Waals surface area contributed by atoms with Gasteiger partial charge < -0.3 is 14.6 Å². The average Bonchev–Trinajstić information content (AvgIpc) is 2.61. The lowest BCUT2D eigenvalue weighted by Gasteiger charge is -2.22. The number of ether oxygens (including phenoxy) is 2. The summed E-state index contributed by atoms with van der Waals surface area (Å²) in [6.07, 6.45) is 0.677. The van der Waals surface area contributed by atoms with Crippen LogP contribution in [0.5, 0.6) is 23.0 Å². The maximum Gasteiger partial charge on any atom is 0.339 e. The molecule has 0 amide bonds. The molecule has 1 aliphatic rings. The highest BCUT2D eigenvalue weighted by Crippen LogP contribution is 2.42. The van der Waals surface area contributed by atoms with Gasteiger partial charge in [0.2, 0.25) is 0 Å². The average molecular weight is 318 g/mol. The maximum atomic E-state index is 11.4. The molecule has 0 spiro atoms. The van der Waals surface area contributed by atoms with Crippen LogP contribution in [0.25, 0.3) is 0 Å². The lowest BCUT2D eigenvalue weighted by Crippen LogP contribution is -2.05. The molecule has 0 aliphatic carbocycles. The Morgan fingerprint density at radius 1 is 0.875 bits per heavy atom. The van der Waals surface area contributed by atoms with Crippen molar-refractivity contribution in [2.75, 3.05) is 0 Å². The normalized spacial score (nSPS) is 11.8. The van der Waals surface area contributed by atoms with Gasteiger partial charge in [-0.3, -0.25) is 0 Å². The first kappa shape index (κ1) is 14.3. The highest BCUT2D eigenvalue weighted by Gasteiger charge is 2.21. The molecule has 0 unspecified atom stereocenters. The smallest absolute Gasteiger partial charge is 0.339 e. The Balaban J connectivity index is 1.74. The van der Waals surface area contributed by atoms with Gasteiger partial charge in [0, 0.05) is 12.0 Å². The molecule has 1 aliphatic heterocycles. The van der Waals surface area contributed by atoms with Crippen molar-refractivity contribution in [2.24, 2.45) is 0 Å². The van der Waals surface area contributed by atoms with E-state index >= 15 is 0 Å². The highest BCUT2D eigenvalue weighted by atomic mass is 16.5. The minimum atomic E-state index is -1.02. The molecule has 118 valence electrons. The van der Waals surface area contributed by atoms with Gasteiger partial charge in [0.1, 0.15) is 28.6 Å². The van der Waals surface area contributed by atoms with Crippen molar-refractivity contribution < 1.29 is 19.4 Å². The van der Waals surface area contributed by atoms with Gasteiger partial charge in [0.15, 0.2) is 0 Å². The second kappa shape index (κ2) is 5.74. The zero-order valence-corrected chi connectivity index (χ0v) is 12.7. The summed E-state index contributed by atoms with van der Waals surface area (Å²) in [6.45, 7) is 0. The number of fused-ring (bicyclic) bond motifs is 2. The quantitative estimate of drug-likeness (QED) is 0.585. The number of carboxylic acids is 1. The van der Waals surface area contributed by atoms with E-state index in [1.807, 2.05) is 42.5 Å². The molecule has 0 saturated carbocycles. The van der Waals surface area contributed by atoms with E-state index in [0.717, 1.165) is 22.6 Å². The number of aromatic carboxylic acids is 1. The van der Waals surface area contributed by atoms with Crippen LogP contribution in [-0.4, -0.2) is 11.1 Å². The highest BCUT2D eigenvalue weighted by molar-refractivity contribution is 5.91. The van der Waals surface area contributed by atoms with E-state index in [9.17, 15) is 9.90 Å². The molecule has 4 nitrogen and oxygen atoms in total. The minimum Gasteiger partial charge on any atom is -0.478 e.